The van der Waals surface area contributed by atoms with E-state index in [1.807, 2.05) is 6.07 Å². The highest BCUT2D eigenvalue weighted by Crippen LogP contribution is 2.16. The van der Waals surface area contributed by atoms with Gasteiger partial charge < -0.3 is 9.84 Å². The number of rotatable bonds is 5. The number of ether oxygens (including phenoxy) is 1. The van der Waals surface area contributed by atoms with Crippen LogP contribution in [0.3, 0.4) is 0 Å². The fourth-order valence-corrected chi connectivity index (χ4v) is 1.88. The number of nitriles is 1. The lowest BCUT2D eigenvalue weighted by Crippen LogP contribution is -2.04. The van der Waals surface area contributed by atoms with Crippen molar-refractivity contribution in [3.05, 3.63) is 52.4 Å². The van der Waals surface area contributed by atoms with Crippen molar-refractivity contribution in [1.29, 1.82) is 5.26 Å². The minimum absolute atomic E-state index is 0.0151. The normalized spacial score (nSPS) is 10.1. The zero-order valence-corrected chi connectivity index (χ0v) is 11.3. The van der Waals surface area contributed by atoms with Gasteiger partial charge in [-0.2, -0.15) is 10.2 Å². The van der Waals surface area contributed by atoms with E-state index in [2.05, 4.69) is 16.0 Å². The van der Waals surface area contributed by atoms with Gasteiger partial charge >= 0.3 is 0 Å². The predicted octanol–water partition coefficient (Wildman–Crippen LogP) is 2.12. The molecule has 1 aromatic heterocycles. The minimum atomic E-state index is 0.0151. The van der Waals surface area contributed by atoms with Crippen LogP contribution in [0.15, 0.2) is 30.5 Å². The molecule has 0 bridgehead atoms. The third kappa shape index (κ3) is 3.67. The van der Waals surface area contributed by atoms with E-state index in [9.17, 15) is 0 Å². The van der Waals surface area contributed by atoms with Crippen molar-refractivity contribution in [2.75, 3.05) is 6.61 Å². The molecule has 0 aliphatic rings. The van der Waals surface area contributed by atoms with Crippen LogP contribution in [0, 0.1) is 11.3 Å². The Balaban J connectivity index is 2.14. The average molecular weight is 290 g/mol. The van der Waals surface area contributed by atoms with E-state index in [1.165, 1.54) is 6.20 Å². The highest BCUT2D eigenvalue weighted by molar-refractivity contribution is 6.28. The molecule has 1 heterocycles. The molecule has 0 saturated heterocycles. The Hall–Kier alpha value is -2.16. The van der Waals surface area contributed by atoms with Gasteiger partial charge in [-0.15, -0.1) is 0 Å². The Labute approximate surface area is 121 Å². The smallest absolute Gasteiger partial charge is 0.225 e. The number of hydrogen-bond donors (Lipinski definition) is 1. The Kier molecular flexibility index (Phi) is 4.88. The summed E-state index contributed by atoms with van der Waals surface area (Å²) < 4.78 is 5.53. The zero-order chi connectivity index (χ0) is 14.4. The summed E-state index contributed by atoms with van der Waals surface area (Å²) in [5, 5.41) is 18.1. The van der Waals surface area contributed by atoms with Crippen molar-refractivity contribution >= 4 is 11.6 Å². The van der Waals surface area contributed by atoms with Crippen molar-refractivity contribution in [3.8, 4) is 11.9 Å². The summed E-state index contributed by atoms with van der Waals surface area (Å²) in [6, 6.07) is 8.96. The van der Waals surface area contributed by atoms with Crippen molar-refractivity contribution in [2.45, 2.75) is 13.0 Å². The van der Waals surface area contributed by atoms with Crippen molar-refractivity contribution in [3.63, 3.8) is 0 Å². The Morgan fingerprint density at radius 1 is 1.30 bits per heavy atom. The molecule has 0 spiro atoms. The van der Waals surface area contributed by atoms with Gasteiger partial charge in [0.1, 0.15) is 6.61 Å². The Bertz CT molecular complexity index is 641. The SMILES string of the molecule is N#Cc1ccc(COc2ccnc(Cl)n2)c(CCO)c1. The standard InChI is InChI=1S/C14H12ClN3O2/c15-14-17-5-3-13(18-14)20-9-12-2-1-10(8-16)7-11(12)4-6-19/h1-3,5,7,19H,4,6,9H2. The van der Waals surface area contributed by atoms with Crippen molar-refractivity contribution < 1.29 is 9.84 Å². The Morgan fingerprint density at radius 3 is 2.85 bits per heavy atom. The molecule has 0 atom stereocenters. The molecule has 2 aromatic rings. The summed E-state index contributed by atoms with van der Waals surface area (Å²) in [6.07, 6.45) is 1.98. The van der Waals surface area contributed by atoms with E-state index >= 15 is 0 Å². The van der Waals surface area contributed by atoms with Crippen molar-refractivity contribution in [1.82, 2.24) is 9.97 Å². The maximum Gasteiger partial charge on any atom is 0.225 e. The van der Waals surface area contributed by atoms with Gasteiger partial charge in [-0.25, -0.2) is 4.98 Å². The van der Waals surface area contributed by atoms with Crippen LogP contribution in [0.4, 0.5) is 0 Å². The molecular formula is C14H12ClN3O2. The second kappa shape index (κ2) is 6.85. The van der Waals surface area contributed by atoms with E-state index in [1.54, 1.807) is 18.2 Å². The highest BCUT2D eigenvalue weighted by atomic mass is 35.5. The van der Waals surface area contributed by atoms with E-state index in [4.69, 9.17) is 26.7 Å². The number of hydrogen-bond acceptors (Lipinski definition) is 5. The van der Waals surface area contributed by atoms with Crippen LogP contribution in [-0.2, 0) is 13.0 Å². The van der Waals surface area contributed by atoms with Crippen LogP contribution < -0.4 is 4.74 Å². The van der Waals surface area contributed by atoms with Gasteiger partial charge in [-0.1, -0.05) is 6.07 Å². The minimum Gasteiger partial charge on any atom is -0.473 e. The van der Waals surface area contributed by atoms with Crippen LogP contribution in [0.25, 0.3) is 0 Å². The summed E-state index contributed by atoms with van der Waals surface area (Å²) in [4.78, 5) is 7.70. The lowest BCUT2D eigenvalue weighted by molar-refractivity contribution is 0.285. The van der Waals surface area contributed by atoms with Gasteiger partial charge in [-0.05, 0) is 41.3 Å². The number of aliphatic hydroxyl groups excluding tert-OH is 1. The fourth-order valence-electron chi connectivity index (χ4n) is 1.74. The first-order chi connectivity index (χ1) is 9.72. The molecule has 2 rings (SSSR count). The summed E-state index contributed by atoms with van der Waals surface area (Å²) in [5.41, 5.74) is 2.33. The molecule has 0 radical (unpaired) electrons. The van der Waals surface area contributed by atoms with Gasteiger partial charge in [0.15, 0.2) is 0 Å². The average Bonchev–Trinajstić information content (AvgIpc) is 2.46. The first kappa shape index (κ1) is 14.3. The third-order valence-corrected chi connectivity index (χ3v) is 2.87. The molecule has 0 saturated carbocycles. The van der Waals surface area contributed by atoms with Crippen LogP contribution >= 0.6 is 11.6 Å². The molecule has 0 aliphatic heterocycles. The lowest BCUT2D eigenvalue weighted by atomic mass is 10.0. The molecule has 1 N–H and O–H groups in total. The number of aromatic nitrogens is 2. The van der Waals surface area contributed by atoms with Crippen LogP contribution in [0.1, 0.15) is 16.7 Å². The summed E-state index contributed by atoms with van der Waals surface area (Å²) in [6.45, 7) is 0.301. The second-order valence-corrected chi connectivity index (χ2v) is 4.36. The van der Waals surface area contributed by atoms with E-state index in [0.29, 0.717) is 17.9 Å². The molecule has 5 nitrogen and oxygen atoms in total. The zero-order valence-electron chi connectivity index (χ0n) is 10.6. The topological polar surface area (TPSA) is 79.0 Å². The van der Waals surface area contributed by atoms with E-state index in [0.717, 1.165) is 11.1 Å². The van der Waals surface area contributed by atoms with Crippen molar-refractivity contribution in [2.24, 2.45) is 0 Å². The summed E-state index contributed by atoms with van der Waals surface area (Å²) in [5.74, 6) is 0.379. The predicted molar refractivity (Wildman–Crippen MR) is 73.3 cm³/mol. The maximum absolute atomic E-state index is 9.07. The monoisotopic (exact) mass is 289 g/mol. The molecule has 0 unspecified atom stereocenters. The maximum atomic E-state index is 9.07. The van der Waals surface area contributed by atoms with E-state index in [-0.39, 0.29) is 18.5 Å². The van der Waals surface area contributed by atoms with Gasteiger partial charge in [0.05, 0.1) is 11.6 Å². The first-order valence-corrected chi connectivity index (χ1v) is 6.35. The van der Waals surface area contributed by atoms with Crippen LogP contribution in [0.2, 0.25) is 5.28 Å². The van der Waals surface area contributed by atoms with Gasteiger partial charge in [0, 0.05) is 18.9 Å². The third-order valence-electron chi connectivity index (χ3n) is 2.69. The highest BCUT2D eigenvalue weighted by Gasteiger charge is 2.06. The number of benzene rings is 1. The fraction of sp³-hybridized carbons (Fsp3) is 0.214. The largest absolute Gasteiger partial charge is 0.473 e. The Morgan fingerprint density at radius 2 is 2.15 bits per heavy atom. The van der Waals surface area contributed by atoms with Gasteiger partial charge in [-0.3, -0.25) is 0 Å². The van der Waals surface area contributed by atoms with E-state index < -0.39 is 0 Å². The molecule has 0 amide bonds. The lowest BCUT2D eigenvalue weighted by Gasteiger charge is -2.10. The van der Waals surface area contributed by atoms with Crippen LogP contribution in [-0.4, -0.2) is 21.7 Å². The summed E-state index contributed by atoms with van der Waals surface area (Å²) in [7, 11) is 0. The molecule has 0 aliphatic carbocycles. The van der Waals surface area contributed by atoms with Gasteiger partial charge in [0.25, 0.3) is 0 Å². The molecule has 0 fully saturated rings. The molecule has 102 valence electrons. The quantitative estimate of drug-likeness (QED) is 0.853. The number of nitrogens with zero attached hydrogens (tertiary/aromatic N) is 3. The number of halogens is 1. The number of aliphatic hydroxyl groups is 1. The van der Waals surface area contributed by atoms with Crippen LogP contribution in [0.5, 0.6) is 5.88 Å². The van der Waals surface area contributed by atoms with Gasteiger partial charge in [0.2, 0.25) is 11.2 Å². The summed E-state index contributed by atoms with van der Waals surface area (Å²) >= 11 is 5.68. The first-order valence-electron chi connectivity index (χ1n) is 5.97. The molecular weight excluding hydrogens is 278 g/mol. The molecule has 6 heteroatoms. The molecule has 1 aromatic carbocycles. The molecule has 20 heavy (non-hydrogen) atoms. The second-order valence-electron chi connectivity index (χ2n) is 4.02.